The predicted molar refractivity (Wildman–Crippen MR) is 88.1 cm³/mol. The molecule has 0 aliphatic heterocycles. The fourth-order valence-corrected chi connectivity index (χ4v) is 2.42. The molecule has 0 heterocycles. The number of hydrogen-bond donors (Lipinski definition) is 2. The highest BCUT2D eigenvalue weighted by atomic mass is 35.5. The summed E-state index contributed by atoms with van der Waals surface area (Å²) in [6.45, 7) is 0.736. The van der Waals surface area contributed by atoms with Crippen LogP contribution in [-0.2, 0) is 11.2 Å². The molecule has 0 bridgehead atoms. The van der Waals surface area contributed by atoms with Gasteiger partial charge in [-0.25, -0.2) is 4.39 Å². The van der Waals surface area contributed by atoms with Crippen LogP contribution in [0.2, 0.25) is 10.0 Å². The van der Waals surface area contributed by atoms with Gasteiger partial charge in [-0.3, -0.25) is 4.79 Å². The molecule has 0 spiro atoms. The van der Waals surface area contributed by atoms with Crippen molar-refractivity contribution in [3.8, 4) is 0 Å². The molecule has 2 rings (SSSR count). The maximum Gasteiger partial charge on any atom is 0.238 e. The van der Waals surface area contributed by atoms with Crippen molar-refractivity contribution < 1.29 is 9.18 Å². The van der Waals surface area contributed by atoms with Gasteiger partial charge in [0.15, 0.2) is 0 Å². The molecule has 3 nitrogen and oxygen atoms in total. The first-order chi connectivity index (χ1) is 10.5. The Bertz CT molecular complexity index is 664. The minimum atomic E-state index is -0.386. The molecule has 116 valence electrons. The molecule has 0 aromatic heterocycles. The van der Waals surface area contributed by atoms with Crippen molar-refractivity contribution >= 4 is 34.8 Å². The van der Waals surface area contributed by atoms with Gasteiger partial charge in [-0.1, -0.05) is 35.3 Å². The Labute approximate surface area is 138 Å². The number of halogens is 3. The second kappa shape index (κ2) is 8.13. The molecule has 2 N–H and O–H groups in total. The number of nitrogens with one attached hydrogen (secondary N) is 2. The van der Waals surface area contributed by atoms with Gasteiger partial charge in [0, 0.05) is 15.7 Å². The minimum absolute atomic E-state index is 0.141. The highest BCUT2D eigenvalue weighted by molar-refractivity contribution is 6.35. The number of carbonyl (C=O) groups excluding carboxylic acids is 1. The number of carbonyl (C=O) groups is 1. The SMILES string of the molecule is O=C(CNCCc1ccc(Cl)cc1Cl)Nc1cccc(F)c1. The number of benzene rings is 2. The Balaban J connectivity index is 1.73. The third kappa shape index (κ3) is 5.30. The highest BCUT2D eigenvalue weighted by Gasteiger charge is 2.04. The molecule has 0 aliphatic rings. The maximum absolute atomic E-state index is 13.0. The van der Waals surface area contributed by atoms with Gasteiger partial charge in [0.1, 0.15) is 5.82 Å². The van der Waals surface area contributed by atoms with Crippen LogP contribution in [0, 0.1) is 5.82 Å². The molecular formula is C16H15Cl2FN2O. The van der Waals surface area contributed by atoms with E-state index in [0.29, 0.717) is 28.7 Å². The van der Waals surface area contributed by atoms with E-state index in [9.17, 15) is 9.18 Å². The van der Waals surface area contributed by atoms with Gasteiger partial charge in [-0.05, 0) is 48.9 Å². The summed E-state index contributed by atoms with van der Waals surface area (Å²) in [5.41, 5.74) is 1.40. The summed E-state index contributed by atoms with van der Waals surface area (Å²) in [6.07, 6.45) is 0.684. The Kier molecular flexibility index (Phi) is 6.19. The van der Waals surface area contributed by atoms with E-state index < -0.39 is 0 Å². The fraction of sp³-hybridized carbons (Fsp3) is 0.188. The van der Waals surface area contributed by atoms with Crippen molar-refractivity contribution in [1.29, 1.82) is 0 Å². The molecular weight excluding hydrogens is 326 g/mol. The van der Waals surface area contributed by atoms with Gasteiger partial charge in [-0.2, -0.15) is 0 Å². The van der Waals surface area contributed by atoms with E-state index >= 15 is 0 Å². The third-order valence-electron chi connectivity index (χ3n) is 2.98. The molecule has 2 aromatic carbocycles. The monoisotopic (exact) mass is 340 g/mol. The lowest BCUT2D eigenvalue weighted by atomic mass is 10.1. The average Bonchev–Trinajstić information content (AvgIpc) is 2.45. The van der Waals surface area contributed by atoms with Crippen LogP contribution in [0.5, 0.6) is 0 Å². The Morgan fingerprint density at radius 2 is 1.95 bits per heavy atom. The summed E-state index contributed by atoms with van der Waals surface area (Å²) < 4.78 is 13.0. The molecule has 0 saturated carbocycles. The van der Waals surface area contributed by atoms with E-state index in [1.807, 2.05) is 6.07 Å². The van der Waals surface area contributed by atoms with Crippen molar-refractivity contribution in [3.63, 3.8) is 0 Å². The van der Waals surface area contributed by atoms with Crippen LogP contribution in [0.3, 0.4) is 0 Å². The van der Waals surface area contributed by atoms with Gasteiger partial charge in [0.25, 0.3) is 0 Å². The first-order valence-corrected chi connectivity index (χ1v) is 7.50. The lowest BCUT2D eigenvalue weighted by molar-refractivity contribution is -0.115. The van der Waals surface area contributed by atoms with Crippen molar-refractivity contribution in [2.24, 2.45) is 0 Å². The zero-order valence-electron chi connectivity index (χ0n) is 11.7. The van der Waals surface area contributed by atoms with Crippen molar-refractivity contribution in [2.45, 2.75) is 6.42 Å². The summed E-state index contributed by atoms with van der Waals surface area (Å²) >= 11 is 11.9. The van der Waals surface area contributed by atoms with Crippen molar-refractivity contribution in [1.82, 2.24) is 5.32 Å². The second-order valence-electron chi connectivity index (χ2n) is 4.72. The predicted octanol–water partition coefficient (Wildman–Crippen LogP) is 3.90. The standard InChI is InChI=1S/C16H15Cl2FN2O/c17-12-5-4-11(15(18)8-12)6-7-20-10-16(22)21-14-3-1-2-13(19)9-14/h1-5,8-9,20H,6-7,10H2,(H,21,22). The first-order valence-electron chi connectivity index (χ1n) is 6.74. The van der Waals surface area contributed by atoms with E-state index in [2.05, 4.69) is 10.6 Å². The fourth-order valence-electron chi connectivity index (χ4n) is 1.92. The number of rotatable bonds is 6. The number of hydrogen-bond acceptors (Lipinski definition) is 2. The maximum atomic E-state index is 13.0. The Hall–Kier alpha value is -1.62. The summed E-state index contributed by atoms with van der Waals surface area (Å²) in [5.74, 6) is -0.615. The van der Waals surface area contributed by atoms with E-state index in [-0.39, 0.29) is 18.3 Å². The minimum Gasteiger partial charge on any atom is -0.325 e. The molecule has 0 radical (unpaired) electrons. The molecule has 0 aliphatic carbocycles. The lowest BCUT2D eigenvalue weighted by Gasteiger charge is -2.08. The van der Waals surface area contributed by atoms with E-state index in [4.69, 9.17) is 23.2 Å². The lowest BCUT2D eigenvalue weighted by Crippen LogP contribution is -2.29. The summed E-state index contributed by atoms with van der Waals surface area (Å²) in [7, 11) is 0. The topological polar surface area (TPSA) is 41.1 Å². The zero-order valence-corrected chi connectivity index (χ0v) is 13.2. The van der Waals surface area contributed by atoms with E-state index in [1.165, 1.54) is 12.1 Å². The summed E-state index contributed by atoms with van der Waals surface area (Å²) in [4.78, 5) is 11.7. The number of amides is 1. The van der Waals surface area contributed by atoms with Gasteiger partial charge in [0.2, 0.25) is 5.91 Å². The third-order valence-corrected chi connectivity index (χ3v) is 3.57. The average molecular weight is 341 g/mol. The molecule has 0 atom stereocenters. The van der Waals surface area contributed by atoms with Crippen LogP contribution in [-0.4, -0.2) is 19.0 Å². The Morgan fingerprint density at radius 3 is 2.68 bits per heavy atom. The largest absolute Gasteiger partial charge is 0.325 e. The molecule has 2 aromatic rings. The van der Waals surface area contributed by atoms with E-state index in [1.54, 1.807) is 24.3 Å². The van der Waals surface area contributed by atoms with Crippen LogP contribution in [0.4, 0.5) is 10.1 Å². The normalized spacial score (nSPS) is 10.5. The molecule has 0 unspecified atom stereocenters. The molecule has 22 heavy (non-hydrogen) atoms. The molecule has 0 fully saturated rings. The summed E-state index contributed by atoms with van der Waals surface area (Å²) in [5, 5.41) is 6.83. The smallest absolute Gasteiger partial charge is 0.238 e. The molecule has 6 heteroatoms. The van der Waals surface area contributed by atoms with Crippen LogP contribution < -0.4 is 10.6 Å². The molecule has 0 saturated heterocycles. The van der Waals surface area contributed by atoms with Crippen LogP contribution in [0.15, 0.2) is 42.5 Å². The van der Waals surface area contributed by atoms with Crippen LogP contribution in [0.25, 0.3) is 0 Å². The van der Waals surface area contributed by atoms with Gasteiger partial charge in [0.05, 0.1) is 6.54 Å². The zero-order chi connectivity index (χ0) is 15.9. The second-order valence-corrected chi connectivity index (χ2v) is 5.56. The van der Waals surface area contributed by atoms with Gasteiger partial charge in [-0.15, -0.1) is 0 Å². The molecule has 1 amide bonds. The van der Waals surface area contributed by atoms with Gasteiger partial charge < -0.3 is 10.6 Å². The van der Waals surface area contributed by atoms with Crippen molar-refractivity contribution in [3.05, 3.63) is 63.9 Å². The van der Waals surface area contributed by atoms with E-state index in [0.717, 1.165) is 5.56 Å². The highest BCUT2D eigenvalue weighted by Crippen LogP contribution is 2.21. The quantitative estimate of drug-likeness (QED) is 0.783. The first kappa shape index (κ1) is 16.7. The summed E-state index contributed by atoms with van der Waals surface area (Å²) in [6, 6.07) is 11.1. The van der Waals surface area contributed by atoms with Crippen LogP contribution >= 0.6 is 23.2 Å². The number of anilines is 1. The Morgan fingerprint density at radius 1 is 1.14 bits per heavy atom. The van der Waals surface area contributed by atoms with Gasteiger partial charge >= 0.3 is 0 Å². The van der Waals surface area contributed by atoms with Crippen LogP contribution in [0.1, 0.15) is 5.56 Å². The van der Waals surface area contributed by atoms with Crippen molar-refractivity contribution in [2.75, 3.05) is 18.4 Å².